The summed E-state index contributed by atoms with van der Waals surface area (Å²) in [6, 6.07) is 12.9. The highest BCUT2D eigenvalue weighted by Gasteiger charge is 2.12. The smallest absolute Gasteiger partial charge is 0.165 e. The van der Waals surface area contributed by atoms with Gasteiger partial charge in [0, 0.05) is 11.8 Å². The van der Waals surface area contributed by atoms with Gasteiger partial charge in [-0.25, -0.2) is 4.39 Å². The lowest BCUT2D eigenvalue weighted by molar-refractivity contribution is 0.293. The predicted octanol–water partition coefficient (Wildman–Crippen LogP) is 2.97. The Bertz CT molecular complexity index is 609. The minimum Gasteiger partial charge on any atom is -0.485 e. The number of hydrogen-bond donors (Lipinski definition) is 2. The van der Waals surface area contributed by atoms with Crippen molar-refractivity contribution in [3.8, 4) is 5.75 Å². The zero-order chi connectivity index (χ0) is 15.9. The lowest BCUT2D eigenvalue weighted by Gasteiger charge is -2.14. The van der Waals surface area contributed by atoms with E-state index in [1.807, 2.05) is 30.3 Å². The van der Waals surface area contributed by atoms with Gasteiger partial charge in [-0.3, -0.25) is 5.09 Å². The molecule has 0 aliphatic heterocycles. The molecule has 0 bridgehead atoms. The van der Waals surface area contributed by atoms with Gasteiger partial charge in [-0.15, -0.1) is 9.24 Å². The maximum absolute atomic E-state index is 14.0. The summed E-state index contributed by atoms with van der Waals surface area (Å²) in [4.78, 5) is 9.27. The molecule has 2 atom stereocenters. The highest BCUT2D eigenvalue weighted by molar-refractivity contribution is 7.48. The van der Waals surface area contributed by atoms with Crippen LogP contribution in [0, 0.1) is 5.82 Å². The summed E-state index contributed by atoms with van der Waals surface area (Å²) in [5, 5.41) is 3.72. The monoisotopic (exact) mass is 339 g/mol. The fourth-order valence-electron chi connectivity index (χ4n) is 2.06. The molecule has 0 amide bonds. The third kappa shape index (κ3) is 5.00. The number of halogens is 1. The molecule has 0 fully saturated rings. The van der Waals surface area contributed by atoms with Crippen LogP contribution >= 0.6 is 17.5 Å². The van der Waals surface area contributed by atoms with Crippen molar-refractivity contribution < 1.29 is 14.0 Å². The number of ether oxygens (including phenoxy) is 1. The van der Waals surface area contributed by atoms with Crippen LogP contribution in [0.3, 0.4) is 0 Å². The number of nitrogens with one attached hydrogen (secondary N) is 1. The molecule has 2 unspecified atom stereocenters. The number of hydrogen-bond acceptors (Lipinski definition) is 3. The van der Waals surface area contributed by atoms with E-state index in [2.05, 4.69) is 14.3 Å². The van der Waals surface area contributed by atoms with Crippen molar-refractivity contribution >= 4 is 22.8 Å². The summed E-state index contributed by atoms with van der Waals surface area (Å²) in [6.45, 7) is 2.71. The largest absolute Gasteiger partial charge is 0.485 e. The van der Waals surface area contributed by atoms with E-state index < -0.39 is 8.30 Å². The van der Waals surface area contributed by atoms with Crippen molar-refractivity contribution in [1.29, 1.82) is 0 Å². The fourth-order valence-corrected chi connectivity index (χ4v) is 2.96. The first-order valence-corrected chi connectivity index (χ1v) is 9.29. The average Bonchev–Trinajstić information content (AvgIpc) is 2.50. The molecule has 0 saturated heterocycles. The van der Waals surface area contributed by atoms with Gasteiger partial charge in [0.2, 0.25) is 0 Å². The van der Waals surface area contributed by atoms with Gasteiger partial charge >= 0.3 is 0 Å². The molecular formula is C16H20FNO2P2. The van der Waals surface area contributed by atoms with E-state index in [9.17, 15) is 9.28 Å². The zero-order valence-corrected chi connectivity index (χ0v) is 14.5. The topological polar surface area (TPSA) is 41.5 Å². The van der Waals surface area contributed by atoms with Crippen LogP contribution in [0.15, 0.2) is 42.5 Å². The van der Waals surface area contributed by atoms with Crippen molar-refractivity contribution in [1.82, 2.24) is 5.09 Å². The van der Waals surface area contributed by atoms with Crippen LogP contribution in [-0.2, 0) is 13.0 Å². The van der Waals surface area contributed by atoms with Gasteiger partial charge in [-0.2, -0.15) is 0 Å². The van der Waals surface area contributed by atoms with Crippen molar-refractivity contribution in [2.24, 2.45) is 0 Å². The predicted molar refractivity (Wildman–Crippen MR) is 93.3 cm³/mol. The molecule has 0 aromatic heterocycles. The maximum atomic E-state index is 14.0. The lowest BCUT2D eigenvalue weighted by atomic mass is 10.1. The van der Waals surface area contributed by atoms with E-state index in [-0.39, 0.29) is 11.6 Å². The van der Waals surface area contributed by atoms with Gasteiger partial charge in [0.1, 0.15) is 6.61 Å². The third-order valence-electron chi connectivity index (χ3n) is 3.20. The Balaban J connectivity index is 2.06. The standard InChI is InChI=1S/C16H20FNO2P2/c1-22(19)18-10-9-13-7-8-14(17)15(16(13)21)20-11-12-5-3-2-4-6-12/h2-8,18-19H,9-11,21H2,1H3. The molecule has 0 radical (unpaired) electrons. The van der Waals surface area contributed by atoms with Crippen LogP contribution in [-0.4, -0.2) is 18.1 Å². The Morgan fingerprint density at radius 3 is 2.64 bits per heavy atom. The highest BCUT2D eigenvalue weighted by Crippen LogP contribution is 2.22. The lowest BCUT2D eigenvalue weighted by Crippen LogP contribution is -2.16. The molecule has 6 heteroatoms. The van der Waals surface area contributed by atoms with Crippen LogP contribution in [0.25, 0.3) is 0 Å². The van der Waals surface area contributed by atoms with Gasteiger partial charge in [-0.1, -0.05) is 36.4 Å². The van der Waals surface area contributed by atoms with E-state index in [0.717, 1.165) is 16.4 Å². The first-order valence-electron chi connectivity index (χ1n) is 6.97. The molecule has 22 heavy (non-hydrogen) atoms. The molecule has 3 nitrogen and oxygen atoms in total. The first kappa shape index (κ1) is 17.3. The molecule has 2 rings (SSSR count). The average molecular weight is 339 g/mol. The summed E-state index contributed by atoms with van der Waals surface area (Å²) in [6.07, 6.45) is 0.702. The minimum atomic E-state index is -1.12. The van der Waals surface area contributed by atoms with Gasteiger partial charge in [0.05, 0.1) is 8.30 Å². The fraction of sp³-hybridized carbons (Fsp3) is 0.250. The number of benzene rings is 2. The second kappa shape index (κ2) is 8.55. The van der Waals surface area contributed by atoms with Gasteiger partial charge in [0.15, 0.2) is 11.6 Å². The van der Waals surface area contributed by atoms with E-state index >= 15 is 0 Å². The minimum absolute atomic E-state index is 0.272. The third-order valence-corrected chi connectivity index (χ3v) is 4.51. The molecule has 0 aliphatic carbocycles. The van der Waals surface area contributed by atoms with Crippen LogP contribution in [0.2, 0.25) is 0 Å². The zero-order valence-electron chi connectivity index (χ0n) is 12.4. The highest BCUT2D eigenvalue weighted by atomic mass is 31.2. The van der Waals surface area contributed by atoms with Crippen molar-refractivity contribution in [3.63, 3.8) is 0 Å². The molecular weight excluding hydrogens is 319 g/mol. The normalized spacial score (nSPS) is 12.2. The molecule has 0 saturated carbocycles. The van der Waals surface area contributed by atoms with Gasteiger partial charge in [-0.05, 0) is 30.3 Å². The Kier molecular flexibility index (Phi) is 6.72. The van der Waals surface area contributed by atoms with E-state index in [4.69, 9.17) is 4.74 Å². The van der Waals surface area contributed by atoms with E-state index in [1.54, 1.807) is 12.7 Å². The molecule has 0 aliphatic rings. The first-order chi connectivity index (χ1) is 10.6. The molecule has 2 aromatic carbocycles. The second-order valence-electron chi connectivity index (χ2n) is 4.91. The Morgan fingerprint density at radius 1 is 1.23 bits per heavy atom. The second-order valence-corrected chi connectivity index (χ2v) is 6.85. The Morgan fingerprint density at radius 2 is 1.95 bits per heavy atom. The van der Waals surface area contributed by atoms with Gasteiger partial charge in [0.25, 0.3) is 0 Å². The number of rotatable bonds is 7. The molecule has 0 spiro atoms. The van der Waals surface area contributed by atoms with Crippen molar-refractivity contribution in [2.75, 3.05) is 13.2 Å². The molecule has 2 aromatic rings. The van der Waals surface area contributed by atoms with Gasteiger partial charge < -0.3 is 9.63 Å². The van der Waals surface area contributed by atoms with Crippen molar-refractivity contribution in [2.45, 2.75) is 13.0 Å². The summed E-state index contributed by atoms with van der Waals surface area (Å²) >= 11 is 0. The van der Waals surface area contributed by atoms with Crippen LogP contribution in [0.4, 0.5) is 4.39 Å². The van der Waals surface area contributed by atoms with Crippen LogP contribution in [0.5, 0.6) is 5.75 Å². The van der Waals surface area contributed by atoms with E-state index in [0.29, 0.717) is 19.6 Å². The van der Waals surface area contributed by atoms with E-state index in [1.165, 1.54) is 6.07 Å². The summed E-state index contributed by atoms with van der Waals surface area (Å²) in [5.74, 6) is -0.0911. The summed E-state index contributed by atoms with van der Waals surface area (Å²) in [7, 11) is 1.44. The molecule has 0 heterocycles. The van der Waals surface area contributed by atoms with Crippen molar-refractivity contribution in [3.05, 3.63) is 59.4 Å². The Hall–Kier alpha value is -1.05. The molecule has 118 valence electrons. The summed E-state index contributed by atoms with van der Waals surface area (Å²) in [5.41, 5.74) is 1.98. The van der Waals surface area contributed by atoms with Crippen LogP contribution in [0.1, 0.15) is 11.1 Å². The molecule has 2 N–H and O–H groups in total. The Labute approximate surface area is 134 Å². The van der Waals surface area contributed by atoms with Crippen LogP contribution < -0.4 is 15.1 Å². The maximum Gasteiger partial charge on any atom is 0.165 e. The summed E-state index contributed by atoms with van der Waals surface area (Å²) < 4.78 is 19.7. The SMILES string of the molecule is CP(O)NCCc1ccc(F)c(OCc2ccccc2)c1P. The quantitative estimate of drug-likeness (QED) is 0.762.